The van der Waals surface area contributed by atoms with Gasteiger partial charge in [-0.2, -0.15) is 0 Å². The number of β-lactam (4-membered cyclic amide) rings is 1. The van der Waals surface area contributed by atoms with Crippen LogP contribution in [0.15, 0.2) is 77.3 Å². The van der Waals surface area contributed by atoms with Crippen molar-refractivity contribution in [1.82, 2.24) is 10.2 Å². The highest BCUT2D eigenvalue weighted by molar-refractivity contribution is 8.77. The van der Waals surface area contributed by atoms with E-state index < -0.39 is 11.9 Å². The first kappa shape index (κ1) is 23.7. The van der Waals surface area contributed by atoms with Gasteiger partial charge in [-0.15, -0.1) is 0 Å². The number of carbonyl (C=O) groups is 3. The summed E-state index contributed by atoms with van der Waals surface area (Å²) in [4.78, 5) is 39.2. The number of nitrogens with one attached hydrogen (secondary N) is 1. The number of nitrogens with zero attached hydrogens (tertiary/aromatic N) is 1. The van der Waals surface area contributed by atoms with Gasteiger partial charge in [0.2, 0.25) is 5.91 Å². The highest BCUT2D eigenvalue weighted by Crippen LogP contribution is 2.46. The number of methoxy groups -OCH3 is 1. The molecular weight excluding hydrogens is 448 g/mol. The second-order valence-corrected chi connectivity index (χ2v) is 9.35. The molecule has 0 aromatic heterocycles. The molecule has 7 nitrogen and oxygen atoms in total. The molecule has 2 aromatic carbocycles. The topological polar surface area (TPSA) is 84.9 Å². The minimum absolute atomic E-state index is 0.108. The van der Waals surface area contributed by atoms with Crippen LogP contribution in [0.1, 0.15) is 6.92 Å². The van der Waals surface area contributed by atoms with Gasteiger partial charge in [0.05, 0.1) is 13.0 Å². The molecule has 2 atom stereocenters. The first-order chi connectivity index (χ1) is 15.5. The lowest BCUT2D eigenvalue weighted by atomic mass is 9.91. The summed E-state index contributed by atoms with van der Waals surface area (Å²) in [5, 5.41) is 2.42. The molecule has 168 valence electrons. The Morgan fingerprint density at radius 2 is 1.75 bits per heavy atom. The molecule has 9 heteroatoms. The number of para-hydroxylation sites is 1. The first-order valence-electron chi connectivity index (χ1n) is 9.89. The van der Waals surface area contributed by atoms with Crippen molar-refractivity contribution in [1.29, 1.82) is 0 Å². The van der Waals surface area contributed by atoms with Crippen molar-refractivity contribution in [2.45, 2.75) is 17.2 Å². The minimum Gasteiger partial charge on any atom is -0.484 e. The monoisotopic (exact) mass is 472 g/mol. The van der Waals surface area contributed by atoms with E-state index in [0.29, 0.717) is 11.3 Å². The van der Waals surface area contributed by atoms with Crippen LogP contribution in [-0.4, -0.2) is 48.3 Å². The van der Waals surface area contributed by atoms with Gasteiger partial charge in [0.25, 0.3) is 5.91 Å². The maximum Gasteiger partial charge on any atom is 0.325 e. The van der Waals surface area contributed by atoms with Crippen LogP contribution in [-0.2, 0) is 19.1 Å². The lowest BCUT2D eigenvalue weighted by Crippen LogP contribution is -2.60. The Hall–Kier alpha value is -2.91. The van der Waals surface area contributed by atoms with Gasteiger partial charge in [0.1, 0.15) is 17.7 Å². The van der Waals surface area contributed by atoms with Gasteiger partial charge in [0, 0.05) is 11.1 Å². The average Bonchev–Trinajstić information content (AvgIpc) is 2.83. The molecule has 3 rings (SSSR count). The number of likely N-dealkylation sites (tertiary alicyclic amines) is 1. The summed E-state index contributed by atoms with van der Waals surface area (Å²) in [6.07, 6.45) is 1.54. The van der Waals surface area contributed by atoms with Crippen LogP contribution in [0.25, 0.3) is 0 Å². The maximum atomic E-state index is 12.7. The third-order valence-corrected chi connectivity index (χ3v) is 7.46. The summed E-state index contributed by atoms with van der Waals surface area (Å²) in [6, 6.07) is 18.8. The van der Waals surface area contributed by atoms with Crippen molar-refractivity contribution in [3.05, 3.63) is 72.4 Å². The zero-order valence-electron chi connectivity index (χ0n) is 17.7. The lowest BCUT2D eigenvalue weighted by molar-refractivity contribution is -0.157. The van der Waals surface area contributed by atoms with Crippen LogP contribution in [0.5, 0.6) is 5.75 Å². The van der Waals surface area contributed by atoms with Crippen molar-refractivity contribution in [2.75, 3.05) is 20.3 Å². The summed E-state index contributed by atoms with van der Waals surface area (Å²) in [6.45, 7) is 1.55. The fourth-order valence-corrected chi connectivity index (χ4v) is 5.80. The number of carbonyl (C=O) groups excluding carboxylic acids is 3. The smallest absolute Gasteiger partial charge is 0.325 e. The largest absolute Gasteiger partial charge is 0.484 e. The van der Waals surface area contributed by atoms with E-state index in [-0.39, 0.29) is 30.3 Å². The molecule has 1 N–H and O–H groups in total. The van der Waals surface area contributed by atoms with E-state index in [0.717, 1.165) is 4.90 Å². The van der Waals surface area contributed by atoms with Crippen molar-refractivity contribution in [3.63, 3.8) is 0 Å². The van der Waals surface area contributed by atoms with E-state index in [1.54, 1.807) is 19.1 Å². The molecule has 1 aliphatic heterocycles. The summed E-state index contributed by atoms with van der Waals surface area (Å²) < 4.78 is 10.1. The van der Waals surface area contributed by atoms with E-state index in [1.165, 1.54) is 39.8 Å². The van der Waals surface area contributed by atoms with E-state index in [4.69, 9.17) is 9.47 Å². The Morgan fingerprint density at radius 1 is 1.09 bits per heavy atom. The standard InChI is InChI=1S/C23H24N2O5S2/c1-16(13-24-19(26)15-30-17-9-5-3-6-10-17)21-22(28)25(14-20(27)29-2)23(21)32-31-18-11-7-4-8-12-18/h3-13,21,23H,14-15H2,1-2H3,(H,24,26). The molecule has 0 radical (unpaired) electrons. The first-order valence-corrected chi connectivity index (χ1v) is 12.1. The zero-order valence-corrected chi connectivity index (χ0v) is 19.4. The fraction of sp³-hybridized carbons (Fsp3) is 0.261. The Labute approximate surface area is 194 Å². The summed E-state index contributed by atoms with van der Waals surface area (Å²) in [5.41, 5.74) is 0.704. The number of esters is 1. The number of hydrogen-bond donors (Lipinski definition) is 1. The molecule has 1 heterocycles. The molecule has 2 unspecified atom stereocenters. The van der Waals surface area contributed by atoms with Crippen LogP contribution in [0.4, 0.5) is 0 Å². The quantitative estimate of drug-likeness (QED) is 0.322. The van der Waals surface area contributed by atoms with Crippen LogP contribution in [0.2, 0.25) is 0 Å². The molecule has 2 aromatic rings. The van der Waals surface area contributed by atoms with Crippen molar-refractivity contribution in [3.8, 4) is 5.75 Å². The normalized spacial score (nSPS) is 18.0. The molecule has 0 saturated carbocycles. The predicted molar refractivity (Wildman–Crippen MR) is 125 cm³/mol. The van der Waals surface area contributed by atoms with E-state index in [1.807, 2.05) is 48.5 Å². The third-order valence-electron chi connectivity index (χ3n) is 4.72. The highest BCUT2D eigenvalue weighted by atomic mass is 33.1. The van der Waals surface area contributed by atoms with E-state index in [2.05, 4.69) is 5.32 Å². The molecule has 32 heavy (non-hydrogen) atoms. The second kappa shape index (κ2) is 11.6. The average molecular weight is 473 g/mol. The number of rotatable bonds is 10. The summed E-state index contributed by atoms with van der Waals surface area (Å²) >= 11 is 0. The predicted octanol–water partition coefficient (Wildman–Crippen LogP) is 3.48. The van der Waals surface area contributed by atoms with Crippen LogP contribution in [0, 0.1) is 5.92 Å². The van der Waals surface area contributed by atoms with Crippen LogP contribution in [0.3, 0.4) is 0 Å². The Morgan fingerprint density at radius 3 is 2.41 bits per heavy atom. The third kappa shape index (κ3) is 6.30. The lowest BCUT2D eigenvalue weighted by Gasteiger charge is -2.46. The summed E-state index contributed by atoms with van der Waals surface area (Å²) in [5.74, 6) is -0.818. The second-order valence-electron chi connectivity index (χ2n) is 6.96. The molecule has 0 spiro atoms. The van der Waals surface area contributed by atoms with Gasteiger partial charge in [-0.1, -0.05) is 58.0 Å². The number of hydrogen-bond acceptors (Lipinski definition) is 7. The Kier molecular flexibility index (Phi) is 8.64. The van der Waals surface area contributed by atoms with Crippen molar-refractivity contribution >= 4 is 39.4 Å². The van der Waals surface area contributed by atoms with Gasteiger partial charge in [-0.3, -0.25) is 14.4 Å². The molecule has 0 bridgehead atoms. The molecule has 1 saturated heterocycles. The SMILES string of the molecule is COC(=O)CN1C(=O)C(C(C)=CNC(=O)COc2ccccc2)C1SSc1ccccc1. The number of amides is 2. The van der Waals surface area contributed by atoms with Crippen LogP contribution >= 0.6 is 21.6 Å². The minimum atomic E-state index is -0.472. The molecule has 2 amide bonds. The Bertz CT molecular complexity index is 969. The van der Waals surface area contributed by atoms with E-state index in [9.17, 15) is 14.4 Å². The van der Waals surface area contributed by atoms with Gasteiger partial charge in [0.15, 0.2) is 6.61 Å². The molecule has 1 aliphatic rings. The van der Waals surface area contributed by atoms with Gasteiger partial charge in [-0.05, 0) is 36.8 Å². The van der Waals surface area contributed by atoms with Gasteiger partial charge < -0.3 is 19.7 Å². The zero-order chi connectivity index (χ0) is 22.9. The number of benzene rings is 2. The molecule has 0 aliphatic carbocycles. The Balaban J connectivity index is 1.60. The highest BCUT2D eigenvalue weighted by Gasteiger charge is 2.49. The maximum absolute atomic E-state index is 12.7. The van der Waals surface area contributed by atoms with E-state index >= 15 is 0 Å². The molecular formula is C23H24N2O5S2. The fourth-order valence-electron chi connectivity index (χ4n) is 2.99. The summed E-state index contributed by atoms with van der Waals surface area (Å²) in [7, 11) is 4.32. The van der Waals surface area contributed by atoms with Crippen LogP contribution < -0.4 is 10.1 Å². The van der Waals surface area contributed by atoms with Gasteiger partial charge in [-0.25, -0.2) is 0 Å². The molecule has 1 fully saturated rings. The van der Waals surface area contributed by atoms with Crippen molar-refractivity contribution in [2.24, 2.45) is 5.92 Å². The van der Waals surface area contributed by atoms with Gasteiger partial charge >= 0.3 is 5.97 Å². The number of ether oxygens (including phenoxy) is 2. The van der Waals surface area contributed by atoms with Crippen molar-refractivity contribution < 1.29 is 23.9 Å².